The fourth-order valence-corrected chi connectivity index (χ4v) is 2.70. The van der Waals surface area contributed by atoms with Crippen molar-refractivity contribution in [2.24, 2.45) is 0 Å². The third kappa shape index (κ3) is 7.20. The van der Waals surface area contributed by atoms with Gasteiger partial charge in [-0.05, 0) is 48.2 Å². The Labute approximate surface area is 175 Å². The van der Waals surface area contributed by atoms with Gasteiger partial charge in [-0.3, -0.25) is 9.59 Å². The van der Waals surface area contributed by atoms with E-state index in [4.69, 9.17) is 18.9 Å². The Bertz CT molecular complexity index is 791. The van der Waals surface area contributed by atoms with Crippen LogP contribution in [0.2, 0.25) is 0 Å². The van der Waals surface area contributed by atoms with Crippen LogP contribution in [-0.4, -0.2) is 49.6 Å². The molecule has 0 atom stereocenters. The molecule has 8 nitrogen and oxygen atoms in total. The highest BCUT2D eigenvalue weighted by atomic mass is 16.6. The van der Waals surface area contributed by atoms with Crippen molar-refractivity contribution >= 4 is 11.9 Å². The summed E-state index contributed by atoms with van der Waals surface area (Å²) in [7, 11) is 2.91. The molecule has 0 fully saturated rings. The number of carbonyl (C=O) groups excluding carboxylic acids is 2. The average Bonchev–Trinajstić information content (AvgIpc) is 2.75. The van der Waals surface area contributed by atoms with E-state index in [0.29, 0.717) is 24.3 Å². The van der Waals surface area contributed by atoms with Crippen LogP contribution in [0.3, 0.4) is 0 Å². The van der Waals surface area contributed by atoms with Crippen LogP contribution in [0.1, 0.15) is 24.0 Å². The van der Waals surface area contributed by atoms with Crippen molar-refractivity contribution in [1.82, 2.24) is 0 Å². The van der Waals surface area contributed by atoms with Gasteiger partial charge < -0.3 is 29.2 Å². The number of phenolic OH excluding ortho intramolecular Hbond substituents is 2. The van der Waals surface area contributed by atoms with Gasteiger partial charge >= 0.3 is 11.9 Å². The molecule has 2 rings (SSSR count). The van der Waals surface area contributed by atoms with E-state index in [1.807, 2.05) is 0 Å². The van der Waals surface area contributed by atoms with Gasteiger partial charge in [-0.1, -0.05) is 12.1 Å². The van der Waals surface area contributed by atoms with Crippen LogP contribution in [0.4, 0.5) is 0 Å². The molecule has 0 aliphatic heterocycles. The Morgan fingerprint density at radius 2 is 1.13 bits per heavy atom. The van der Waals surface area contributed by atoms with Crippen molar-refractivity contribution in [3.8, 4) is 23.0 Å². The molecular weight excluding hydrogens is 392 g/mol. The number of carbonyl (C=O) groups is 2. The molecule has 0 amide bonds. The number of benzene rings is 2. The molecule has 0 saturated heterocycles. The number of phenols is 2. The minimum Gasteiger partial charge on any atom is -0.504 e. The fourth-order valence-electron chi connectivity index (χ4n) is 2.70. The Morgan fingerprint density at radius 3 is 1.50 bits per heavy atom. The van der Waals surface area contributed by atoms with Gasteiger partial charge in [-0.2, -0.15) is 0 Å². The third-order valence-corrected chi connectivity index (χ3v) is 4.33. The van der Waals surface area contributed by atoms with E-state index in [1.165, 1.54) is 26.4 Å². The minimum atomic E-state index is -0.408. The Balaban J connectivity index is 1.62. The van der Waals surface area contributed by atoms with Crippen LogP contribution in [0.25, 0.3) is 0 Å². The highest BCUT2D eigenvalue weighted by Gasteiger charge is 2.09. The molecular formula is C22H26O8. The molecule has 0 radical (unpaired) electrons. The average molecular weight is 418 g/mol. The van der Waals surface area contributed by atoms with Crippen LogP contribution in [0.15, 0.2) is 36.4 Å². The SMILES string of the molecule is COc1cc(CCC(=O)OCCOC(=O)CCc2ccc(O)c(OC)c2)ccc1O. The van der Waals surface area contributed by atoms with Gasteiger partial charge in [0, 0.05) is 12.8 Å². The molecule has 2 aromatic carbocycles. The van der Waals surface area contributed by atoms with Crippen LogP contribution in [0.5, 0.6) is 23.0 Å². The zero-order valence-corrected chi connectivity index (χ0v) is 17.1. The molecule has 0 aromatic heterocycles. The summed E-state index contributed by atoms with van der Waals surface area (Å²) in [5.74, 6) is -0.0500. The Kier molecular flexibility index (Phi) is 8.80. The number of rotatable bonds is 11. The van der Waals surface area contributed by atoms with Crippen molar-refractivity contribution in [3.05, 3.63) is 47.5 Å². The van der Waals surface area contributed by atoms with Crippen molar-refractivity contribution in [3.63, 3.8) is 0 Å². The summed E-state index contributed by atoms with van der Waals surface area (Å²) in [6.07, 6.45) is 1.19. The van der Waals surface area contributed by atoms with Gasteiger partial charge in [-0.15, -0.1) is 0 Å². The van der Waals surface area contributed by atoms with E-state index in [1.54, 1.807) is 24.3 Å². The van der Waals surface area contributed by atoms with Crippen LogP contribution in [-0.2, 0) is 31.9 Å². The van der Waals surface area contributed by atoms with E-state index < -0.39 is 11.9 Å². The summed E-state index contributed by atoms with van der Waals surface area (Å²) in [4.78, 5) is 23.6. The summed E-state index contributed by atoms with van der Waals surface area (Å²) in [6, 6.07) is 9.75. The van der Waals surface area contributed by atoms with Crippen molar-refractivity contribution < 1.29 is 38.7 Å². The van der Waals surface area contributed by atoms with Crippen LogP contribution in [0, 0.1) is 0 Å². The Morgan fingerprint density at radius 1 is 0.733 bits per heavy atom. The lowest BCUT2D eigenvalue weighted by atomic mass is 10.1. The number of methoxy groups -OCH3 is 2. The van der Waals surface area contributed by atoms with Crippen molar-refractivity contribution in [2.75, 3.05) is 27.4 Å². The molecule has 0 aliphatic rings. The first-order valence-electron chi connectivity index (χ1n) is 9.46. The lowest BCUT2D eigenvalue weighted by molar-refractivity contribution is -0.152. The number of ether oxygens (including phenoxy) is 4. The van der Waals surface area contributed by atoms with E-state index >= 15 is 0 Å². The Hall–Kier alpha value is -3.42. The van der Waals surface area contributed by atoms with Crippen molar-refractivity contribution in [1.29, 1.82) is 0 Å². The number of hydrogen-bond acceptors (Lipinski definition) is 8. The molecule has 0 unspecified atom stereocenters. The van der Waals surface area contributed by atoms with E-state index in [9.17, 15) is 19.8 Å². The zero-order chi connectivity index (χ0) is 21.9. The van der Waals surface area contributed by atoms with Gasteiger partial charge in [0.25, 0.3) is 0 Å². The molecule has 0 aliphatic carbocycles. The van der Waals surface area contributed by atoms with Gasteiger partial charge in [0.15, 0.2) is 23.0 Å². The summed E-state index contributed by atoms with van der Waals surface area (Å²) in [5, 5.41) is 19.1. The normalized spacial score (nSPS) is 10.3. The maximum absolute atomic E-state index is 11.8. The smallest absolute Gasteiger partial charge is 0.306 e. The topological polar surface area (TPSA) is 112 Å². The number of hydrogen-bond donors (Lipinski definition) is 2. The summed E-state index contributed by atoms with van der Waals surface area (Å²) < 4.78 is 20.2. The molecule has 2 N–H and O–H groups in total. The maximum Gasteiger partial charge on any atom is 0.306 e. The van der Waals surface area contributed by atoms with E-state index in [0.717, 1.165) is 11.1 Å². The monoisotopic (exact) mass is 418 g/mol. The largest absolute Gasteiger partial charge is 0.504 e. The van der Waals surface area contributed by atoms with Gasteiger partial charge in [0.2, 0.25) is 0 Å². The standard InChI is InChI=1S/C22H26O8/c1-27-19-13-15(3-7-17(19)23)5-9-21(25)29-11-12-30-22(26)10-6-16-4-8-18(24)20(14-16)28-2/h3-4,7-8,13-14,23-24H,5-6,9-12H2,1-2H3. The third-order valence-electron chi connectivity index (χ3n) is 4.33. The molecule has 8 heteroatoms. The predicted molar refractivity (Wildman–Crippen MR) is 108 cm³/mol. The van der Waals surface area contributed by atoms with Crippen molar-refractivity contribution in [2.45, 2.75) is 25.7 Å². The fraction of sp³-hybridized carbons (Fsp3) is 0.364. The molecule has 0 bridgehead atoms. The first kappa shape index (κ1) is 22.9. The van der Waals surface area contributed by atoms with Crippen LogP contribution < -0.4 is 9.47 Å². The second-order valence-corrected chi connectivity index (χ2v) is 6.45. The minimum absolute atomic E-state index is 0.0174. The molecule has 30 heavy (non-hydrogen) atoms. The van der Waals surface area contributed by atoms with Gasteiger partial charge in [-0.25, -0.2) is 0 Å². The highest BCUT2D eigenvalue weighted by molar-refractivity contribution is 5.70. The van der Waals surface area contributed by atoms with Gasteiger partial charge in [0.1, 0.15) is 13.2 Å². The maximum atomic E-state index is 11.8. The highest BCUT2D eigenvalue weighted by Crippen LogP contribution is 2.27. The molecule has 162 valence electrons. The lowest BCUT2D eigenvalue weighted by Gasteiger charge is -2.08. The number of aromatic hydroxyl groups is 2. The molecule has 0 saturated carbocycles. The molecule has 0 heterocycles. The van der Waals surface area contributed by atoms with E-state index in [2.05, 4.69) is 0 Å². The second-order valence-electron chi connectivity index (χ2n) is 6.45. The zero-order valence-electron chi connectivity index (χ0n) is 17.1. The summed E-state index contributed by atoms with van der Waals surface area (Å²) in [6.45, 7) is -0.0347. The number of aryl methyl sites for hydroxylation is 2. The summed E-state index contributed by atoms with van der Waals surface area (Å²) in [5.41, 5.74) is 1.66. The van der Waals surface area contributed by atoms with Gasteiger partial charge in [0.05, 0.1) is 14.2 Å². The van der Waals surface area contributed by atoms with Crippen LogP contribution >= 0.6 is 0 Å². The quantitative estimate of drug-likeness (QED) is 0.423. The lowest BCUT2D eigenvalue weighted by Crippen LogP contribution is -2.14. The number of esters is 2. The first-order valence-corrected chi connectivity index (χ1v) is 9.46. The second kappa shape index (κ2) is 11.5. The predicted octanol–water partition coefficient (Wildman–Crippen LogP) is 2.77. The van der Waals surface area contributed by atoms with E-state index in [-0.39, 0.29) is 37.6 Å². The molecule has 2 aromatic rings. The molecule has 0 spiro atoms. The first-order chi connectivity index (χ1) is 14.4. The summed E-state index contributed by atoms with van der Waals surface area (Å²) >= 11 is 0.